The molecule has 242 valence electrons. The van der Waals surface area contributed by atoms with E-state index in [1.165, 1.54) is 44.3 Å². The molecule has 3 aromatic carbocycles. The molecule has 4 aromatic rings. The highest BCUT2D eigenvalue weighted by molar-refractivity contribution is 9.10. The maximum Gasteiger partial charge on any atom is 0.338 e. The van der Waals surface area contributed by atoms with Crippen LogP contribution in [0, 0.1) is 11.3 Å². The zero-order valence-corrected chi connectivity index (χ0v) is 28.6. The van der Waals surface area contributed by atoms with Gasteiger partial charge in [-0.2, -0.15) is 5.26 Å². The lowest BCUT2D eigenvalue weighted by Crippen LogP contribution is -2.40. The van der Waals surface area contributed by atoms with Gasteiger partial charge in [-0.3, -0.25) is 9.36 Å². The first-order valence-electron chi connectivity index (χ1n) is 14.3. The molecule has 0 fully saturated rings. The number of benzene rings is 3. The number of carbonyl (C=O) groups is 1. The van der Waals surface area contributed by atoms with Crippen LogP contribution in [0.5, 0.6) is 28.7 Å². The molecule has 0 bridgehead atoms. The summed E-state index contributed by atoms with van der Waals surface area (Å²) in [6.45, 7) is 1.66. The smallest absolute Gasteiger partial charge is 0.338 e. The van der Waals surface area contributed by atoms with E-state index in [9.17, 15) is 9.59 Å². The van der Waals surface area contributed by atoms with Crippen molar-refractivity contribution in [1.29, 1.82) is 5.26 Å². The molecular weight excluding hydrogens is 690 g/mol. The van der Waals surface area contributed by atoms with Crippen LogP contribution >= 0.6 is 27.3 Å². The van der Waals surface area contributed by atoms with Crippen molar-refractivity contribution in [2.24, 2.45) is 4.99 Å². The molecule has 0 saturated carbocycles. The fraction of sp³-hybridized carbons (Fsp3) is 0.235. The minimum absolute atomic E-state index is 0.113. The van der Waals surface area contributed by atoms with Crippen molar-refractivity contribution in [2.75, 3.05) is 41.7 Å². The number of halogens is 1. The second-order valence-electron chi connectivity index (χ2n) is 9.87. The number of aromatic nitrogens is 1. The Kier molecular flexibility index (Phi) is 10.3. The summed E-state index contributed by atoms with van der Waals surface area (Å²) >= 11 is 4.65. The van der Waals surface area contributed by atoms with Gasteiger partial charge in [-0.15, -0.1) is 0 Å². The lowest BCUT2D eigenvalue weighted by molar-refractivity contribution is -0.138. The molecule has 5 rings (SSSR count). The van der Waals surface area contributed by atoms with Crippen molar-refractivity contribution >= 4 is 45.0 Å². The highest BCUT2D eigenvalue weighted by Gasteiger charge is 2.36. The third-order valence-electron chi connectivity index (χ3n) is 7.21. The van der Waals surface area contributed by atoms with Gasteiger partial charge >= 0.3 is 5.97 Å². The number of hydrogen-bond donors (Lipinski definition) is 0. The Labute approximate surface area is 282 Å². The lowest BCUT2D eigenvalue weighted by Gasteiger charge is -2.27. The van der Waals surface area contributed by atoms with Crippen LogP contribution in [0.4, 0.5) is 0 Å². The zero-order chi connectivity index (χ0) is 33.7. The Balaban J connectivity index is 1.83. The van der Waals surface area contributed by atoms with E-state index in [4.69, 9.17) is 38.7 Å². The molecule has 0 unspecified atom stereocenters. The van der Waals surface area contributed by atoms with Crippen LogP contribution in [0.15, 0.2) is 74.4 Å². The van der Waals surface area contributed by atoms with Gasteiger partial charge < -0.3 is 28.4 Å². The molecule has 0 aliphatic carbocycles. The number of fused-ring (bicyclic) bond motifs is 1. The summed E-state index contributed by atoms with van der Waals surface area (Å²) in [6.07, 6.45) is 1.70. The zero-order valence-electron chi connectivity index (χ0n) is 26.2. The number of hydrogen-bond acceptors (Lipinski definition) is 11. The molecule has 11 nitrogen and oxygen atoms in total. The molecule has 1 atom stereocenters. The molecule has 0 radical (unpaired) electrons. The standard InChI is InChI=1S/C34H30BrN3O8S/c1-6-45-33(40)27-28(20-10-8-7-9-11-20)37-34-38(29(27)21-17-24(42-3)31(44-5)25(18-21)43-4)32(39)26(47-34)16-19-14-22(35)30(46-13-12-36)23(15-19)41-2/h7-11,14-18,29H,6,13H2,1-5H3/b26-16-/t29-/m0/s1. The van der Waals surface area contributed by atoms with E-state index in [1.807, 2.05) is 36.4 Å². The third-order valence-corrected chi connectivity index (χ3v) is 8.78. The summed E-state index contributed by atoms with van der Waals surface area (Å²) in [5.41, 5.74) is 1.98. The number of esters is 1. The van der Waals surface area contributed by atoms with Crippen LogP contribution < -0.4 is 38.6 Å². The van der Waals surface area contributed by atoms with Gasteiger partial charge in [0.25, 0.3) is 5.56 Å². The van der Waals surface area contributed by atoms with Crippen LogP contribution in [0.1, 0.15) is 29.7 Å². The average Bonchev–Trinajstić information content (AvgIpc) is 3.40. The van der Waals surface area contributed by atoms with Gasteiger partial charge in [0.05, 0.1) is 61.4 Å². The highest BCUT2D eigenvalue weighted by atomic mass is 79.9. The number of nitriles is 1. The van der Waals surface area contributed by atoms with Gasteiger partial charge in [0, 0.05) is 5.56 Å². The van der Waals surface area contributed by atoms with Crippen LogP contribution in [-0.2, 0) is 9.53 Å². The van der Waals surface area contributed by atoms with Crippen molar-refractivity contribution in [3.63, 3.8) is 0 Å². The van der Waals surface area contributed by atoms with E-state index in [2.05, 4.69) is 15.9 Å². The topological polar surface area (TPSA) is 131 Å². The fourth-order valence-electron chi connectivity index (χ4n) is 5.23. The first-order chi connectivity index (χ1) is 22.8. The number of thiazole rings is 1. The Morgan fingerprint density at radius 3 is 2.26 bits per heavy atom. The molecule has 1 aromatic heterocycles. The van der Waals surface area contributed by atoms with E-state index in [0.717, 1.165) is 0 Å². The van der Waals surface area contributed by atoms with Crippen LogP contribution in [0.2, 0.25) is 0 Å². The lowest BCUT2D eigenvalue weighted by atomic mass is 9.92. The molecule has 47 heavy (non-hydrogen) atoms. The largest absolute Gasteiger partial charge is 0.493 e. The number of rotatable bonds is 11. The monoisotopic (exact) mass is 719 g/mol. The second-order valence-corrected chi connectivity index (χ2v) is 11.7. The molecular formula is C34H30BrN3O8S. The van der Waals surface area contributed by atoms with E-state index in [-0.39, 0.29) is 24.3 Å². The van der Waals surface area contributed by atoms with E-state index in [0.29, 0.717) is 64.9 Å². The molecule has 1 aliphatic rings. The highest BCUT2D eigenvalue weighted by Crippen LogP contribution is 2.43. The van der Waals surface area contributed by atoms with Gasteiger partial charge in [-0.05, 0) is 64.3 Å². The Morgan fingerprint density at radius 2 is 1.66 bits per heavy atom. The molecule has 0 N–H and O–H groups in total. The summed E-state index contributed by atoms with van der Waals surface area (Å²) in [7, 11) is 5.97. The molecule has 0 amide bonds. The predicted molar refractivity (Wildman–Crippen MR) is 179 cm³/mol. The molecule has 0 saturated heterocycles. The summed E-state index contributed by atoms with van der Waals surface area (Å²) in [4.78, 5) is 33.5. The fourth-order valence-corrected chi connectivity index (χ4v) is 6.81. The van der Waals surface area contributed by atoms with E-state index < -0.39 is 12.0 Å². The minimum atomic E-state index is -0.973. The van der Waals surface area contributed by atoms with Crippen molar-refractivity contribution < 1.29 is 33.2 Å². The maximum absolute atomic E-state index is 14.4. The predicted octanol–water partition coefficient (Wildman–Crippen LogP) is 4.63. The van der Waals surface area contributed by atoms with E-state index in [1.54, 1.807) is 37.3 Å². The van der Waals surface area contributed by atoms with Crippen molar-refractivity contribution in [3.8, 4) is 34.8 Å². The maximum atomic E-state index is 14.4. The Bertz CT molecular complexity index is 2060. The number of nitrogens with zero attached hydrogens (tertiary/aromatic N) is 3. The first-order valence-corrected chi connectivity index (χ1v) is 15.9. The van der Waals surface area contributed by atoms with Gasteiger partial charge in [0.1, 0.15) is 6.07 Å². The third kappa shape index (κ3) is 6.47. The number of carbonyl (C=O) groups excluding carboxylic acids is 1. The van der Waals surface area contributed by atoms with Gasteiger partial charge in [0.15, 0.2) is 34.4 Å². The van der Waals surface area contributed by atoms with Gasteiger partial charge in [0.2, 0.25) is 5.75 Å². The average molecular weight is 721 g/mol. The number of ether oxygens (including phenoxy) is 6. The van der Waals surface area contributed by atoms with Crippen LogP contribution in [0.3, 0.4) is 0 Å². The number of methoxy groups -OCH3 is 4. The second kappa shape index (κ2) is 14.6. The van der Waals surface area contributed by atoms with Gasteiger partial charge in [-0.25, -0.2) is 9.79 Å². The van der Waals surface area contributed by atoms with Gasteiger partial charge in [-0.1, -0.05) is 41.7 Å². The summed E-state index contributed by atoms with van der Waals surface area (Å²) in [5.74, 6) is 1.17. The molecule has 0 spiro atoms. The van der Waals surface area contributed by atoms with Crippen molar-refractivity contribution in [2.45, 2.75) is 13.0 Å². The molecule has 1 aliphatic heterocycles. The van der Waals surface area contributed by atoms with Crippen molar-refractivity contribution in [1.82, 2.24) is 4.57 Å². The summed E-state index contributed by atoms with van der Waals surface area (Å²) < 4.78 is 35.8. The SMILES string of the molecule is CCOC(=O)C1=C(c2ccccc2)N=c2s/c(=C\c3cc(Br)c(OCC#N)c(OC)c3)c(=O)n2[C@H]1c1cc(OC)c(OC)c(OC)c1. The summed E-state index contributed by atoms with van der Waals surface area (Å²) in [6, 6.07) is 17.1. The Morgan fingerprint density at radius 1 is 1.00 bits per heavy atom. The van der Waals surface area contributed by atoms with Crippen LogP contribution in [-0.4, -0.2) is 52.2 Å². The molecule has 2 heterocycles. The van der Waals surface area contributed by atoms with E-state index >= 15 is 0 Å². The summed E-state index contributed by atoms with van der Waals surface area (Å²) in [5, 5.41) is 8.97. The Hall–Kier alpha value is -5.06. The van der Waals surface area contributed by atoms with Crippen LogP contribution in [0.25, 0.3) is 11.8 Å². The quantitative estimate of drug-likeness (QED) is 0.204. The minimum Gasteiger partial charge on any atom is -0.493 e. The normalized spacial score (nSPS) is 14.1. The van der Waals surface area contributed by atoms with Crippen molar-refractivity contribution in [3.05, 3.63) is 101 Å². The first kappa shape index (κ1) is 33.3. The molecule has 13 heteroatoms.